The lowest BCUT2D eigenvalue weighted by atomic mass is 10.1. The van der Waals surface area contributed by atoms with Gasteiger partial charge in [-0.3, -0.25) is 33.6 Å². The molecule has 0 fully saturated rings. The van der Waals surface area contributed by atoms with E-state index in [-0.39, 0.29) is 0 Å². The second-order valence-corrected chi connectivity index (χ2v) is 21.8. The molecular weight excluding hydrogens is 1040 g/mol. The van der Waals surface area contributed by atoms with Crippen LogP contribution in [0.25, 0.3) is 0 Å². The smallest absolute Gasteiger partial charge is 0.320 e. The van der Waals surface area contributed by atoms with Gasteiger partial charge < -0.3 is 47.2 Å². The topological polar surface area (TPSA) is 313 Å². The molecule has 0 aliphatic heterocycles. The van der Waals surface area contributed by atoms with Gasteiger partial charge in [-0.25, -0.2) is 0 Å². The van der Waals surface area contributed by atoms with Gasteiger partial charge in [0.25, 0.3) is 0 Å². The first-order chi connectivity index (χ1) is 39.3. The third-order valence-electron chi connectivity index (χ3n) is 13.3. The molecule has 0 aliphatic carbocycles. The van der Waals surface area contributed by atoms with E-state index in [0.29, 0.717) is 51.5 Å². The molecule has 11 N–H and O–H groups in total. The van der Waals surface area contributed by atoms with Crippen molar-refractivity contribution in [2.75, 3.05) is 6.54 Å². The molecule has 0 rings (SSSR count). The molecule has 0 amide bonds. The highest BCUT2D eigenvalue weighted by atomic mass is 16.4. The first kappa shape index (κ1) is 91.9. The van der Waals surface area contributed by atoms with Crippen LogP contribution in [0.15, 0.2) is 0 Å². The lowest BCUT2D eigenvalue weighted by Gasteiger charge is -2.03. The average Bonchev–Trinajstić information content (AvgIpc) is 3.42. The van der Waals surface area contributed by atoms with Gasteiger partial charge >= 0.3 is 41.8 Å². The van der Waals surface area contributed by atoms with Crippen LogP contribution < -0.4 is 11.5 Å². The molecule has 0 saturated heterocycles. The minimum atomic E-state index is -0.933. The number of unbranched alkanes of at least 4 members (excludes halogenated alkanes) is 37. The van der Waals surface area contributed by atoms with Crippen molar-refractivity contribution in [1.29, 1.82) is 0 Å². The van der Waals surface area contributed by atoms with E-state index in [4.69, 9.17) is 47.2 Å². The van der Waals surface area contributed by atoms with Crippen molar-refractivity contribution in [1.82, 2.24) is 0 Å². The first-order valence-electron chi connectivity index (χ1n) is 33.3. The minimum Gasteiger partial charge on any atom is -0.481 e. The number of hydrogen-bond donors (Lipinski definition) is 9. The van der Waals surface area contributed by atoms with Crippen LogP contribution in [-0.4, -0.2) is 90.1 Å². The van der Waals surface area contributed by atoms with Gasteiger partial charge in [0.2, 0.25) is 0 Å². The molecule has 492 valence electrons. The van der Waals surface area contributed by atoms with Gasteiger partial charge in [0.15, 0.2) is 0 Å². The number of hydrogen-bond acceptors (Lipinski definition) is 9. The highest BCUT2D eigenvalue weighted by Gasteiger charge is 2.09. The Morgan fingerprint density at radius 3 is 0.512 bits per heavy atom. The average molecular weight is 1180 g/mol. The Hall–Kier alpha value is -3.79. The predicted molar refractivity (Wildman–Crippen MR) is 340 cm³/mol. The number of carboxylic acid groups (broad SMARTS) is 7. The van der Waals surface area contributed by atoms with Gasteiger partial charge in [0.1, 0.15) is 6.04 Å². The Morgan fingerprint density at radius 2 is 0.390 bits per heavy atom. The van der Waals surface area contributed by atoms with Gasteiger partial charge in [0, 0.05) is 38.5 Å². The largest absolute Gasteiger partial charge is 0.481 e. The number of aliphatic carboxylic acids is 7. The van der Waals surface area contributed by atoms with E-state index in [1.807, 2.05) is 0 Å². The van der Waals surface area contributed by atoms with E-state index in [1.54, 1.807) is 0 Å². The third kappa shape index (κ3) is 123. The molecular formula is C66H134N2O14. The summed E-state index contributed by atoms with van der Waals surface area (Å²) in [5.41, 5.74) is 10.4. The lowest BCUT2D eigenvalue weighted by Crippen LogP contribution is -2.29. The number of carboxylic acids is 7. The zero-order chi connectivity index (χ0) is 63.4. The van der Waals surface area contributed by atoms with Crippen LogP contribution in [0.4, 0.5) is 0 Å². The van der Waals surface area contributed by atoms with E-state index < -0.39 is 47.8 Å². The van der Waals surface area contributed by atoms with Gasteiger partial charge in [0.05, 0.1) is 0 Å². The normalized spacial score (nSPS) is 10.4. The molecule has 0 saturated carbocycles. The van der Waals surface area contributed by atoms with Gasteiger partial charge in [-0.05, 0) is 57.9 Å². The van der Waals surface area contributed by atoms with Crippen LogP contribution in [0.2, 0.25) is 0 Å². The fraction of sp³-hybridized carbons (Fsp3) is 0.894. The van der Waals surface area contributed by atoms with Crippen molar-refractivity contribution in [3.63, 3.8) is 0 Å². The Kier molecular flexibility index (Phi) is 96.4. The highest BCUT2D eigenvalue weighted by molar-refractivity contribution is 5.73. The maximum Gasteiger partial charge on any atom is 0.320 e. The molecule has 0 aliphatic rings. The molecule has 0 spiro atoms. The fourth-order valence-corrected chi connectivity index (χ4v) is 8.03. The molecule has 1 atom stereocenters. The van der Waals surface area contributed by atoms with Crippen LogP contribution in [0.5, 0.6) is 0 Å². The Morgan fingerprint density at radius 1 is 0.244 bits per heavy atom. The molecule has 1 unspecified atom stereocenters. The Bertz CT molecular complexity index is 1100. The van der Waals surface area contributed by atoms with Crippen molar-refractivity contribution >= 4 is 41.8 Å². The molecule has 0 aromatic rings. The lowest BCUT2D eigenvalue weighted by molar-refractivity contribution is -0.139. The molecule has 16 nitrogen and oxygen atoms in total. The summed E-state index contributed by atoms with van der Waals surface area (Å²) in [6, 6.07) is -0.716. The molecule has 82 heavy (non-hydrogen) atoms. The fourth-order valence-electron chi connectivity index (χ4n) is 8.03. The number of nitrogens with two attached hydrogens (primary N) is 2. The molecule has 0 heterocycles. The zero-order valence-electron chi connectivity index (χ0n) is 54.0. The highest BCUT2D eigenvalue weighted by Crippen LogP contribution is 2.13. The Labute approximate surface area is 502 Å². The van der Waals surface area contributed by atoms with E-state index in [0.717, 1.165) is 89.9 Å². The maximum absolute atomic E-state index is 10.1. The zero-order valence-corrected chi connectivity index (χ0v) is 54.0. The molecule has 0 bridgehead atoms. The summed E-state index contributed by atoms with van der Waals surface area (Å²) in [6.45, 7) is 13.8. The van der Waals surface area contributed by atoms with Crippen molar-refractivity contribution in [2.45, 2.75) is 375 Å². The van der Waals surface area contributed by atoms with Gasteiger partial charge in [-0.15, -0.1) is 0 Å². The number of rotatable bonds is 53. The van der Waals surface area contributed by atoms with E-state index in [9.17, 15) is 33.6 Å². The second kappa shape index (κ2) is 86.0. The number of carbonyl (C=O) groups is 7. The minimum absolute atomic E-state index is 0.341. The van der Waals surface area contributed by atoms with Crippen LogP contribution in [-0.2, 0) is 33.6 Å². The standard InChI is InChI=1S/6C10H20O2.C6H14N2O2/c6*1-2-3-4-5-6-7-8-9-10(11)12;7-4-2-1-3-5(8)6(9)10/h6*2-9H2,1H3,(H,11,12);5H,1-4,7-8H2,(H,9,10). The van der Waals surface area contributed by atoms with Crippen LogP contribution in [0, 0.1) is 0 Å². The second-order valence-electron chi connectivity index (χ2n) is 21.8. The van der Waals surface area contributed by atoms with Crippen molar-refractivity contribution < 1.29 is 69.3 Å². The summed E-state index contributed by atoms with van der Waals surface area (Å²) >= 11 is 0. The summed E-state index contributed by atoms with van der Waals surface area (Å²) in [5, 5.41) is 58.5. The summed E-state index contributed by atoms with van der Waals surface area (Å²) in [4.78, 5) is 70.9. The SMILES string of the molecule is CCCCCCCCCC(=O)O.CCCCCCCCCC(=O)O.CCCCCCCCCC(=O)O.CCCCCCCCCC(=O)O.CCCCCCCCCC(=O)O.CCCCCCCCCC(=O)O.NCCCCC(N)C(=O)O. The van der Waals surface area contributed by atoms with Crippen molar-refractivity contribution in [3.05, 3.63) is 0 Å². The van der Waals surface area contributed by atoms with E-state index in [2.05, 4.69) is 41.5 Å². The van der Waals surface area contributed by atoms with Crippen LogP contribution in [0.1, 0.15) is 369 Å². The molecule has 0 radical (unpaired) electrons. The summed E-state index contributed by atoms with van der Waals surface area (Å²) in [5.74, 6) is -4.91. The van der Waals surface area contributed by atoms with Gasteiger partial charge in [-0.2, -0.15) is 0 Å². The molecule has 16 heteroatoms. The van der Waals surface area contributed by atoms with E-state index in [1.165, 1.54) is 193 Å². The van der Waals surface area contributed by atoms with Gasteiger partial charge in [-0.1, -0.05) is 279 Å². The molecule has 0 aromatic carbocycles. The van der Waals surface area contributed by atoms with E-state index >= 15 is 0 Å². The van der Waals surface area contributed by atoms with Crippen LogP contribution >= 0.6 is 0 Å². The Balaban J connectivity index is -0.000000160. The van der Waals surface area contributed by atoms with Crippen molar-refractivity contribution in [2.24, 2.45) is 11.5 Å². The molecule has 0 aromatic heterocycles. The quantitative estimate of drug-likeness (QED) is 0.0256. The monoisotopic (exact) mass is 1180 g/mol. The maximum atomic E-state index is 10.1. The summed E-state index contributed by atoms with van der Waals surface area (Å²) < 4.78 is 0. The van der Waals surface area contributed by atoms with Crippen LogP contribution in [0.3, 0.4) is 0 Å². The third-order valence-corrected chi connectivity index (χ3v) is 13.3. The predicted octanol–water partition coefficient (Wildman–Crippen LogP) is 18.8. The van der Waals surface area contributed by atoms with Crippen molar-refractivity contribution in [3.8, 4) is 0 Å². The summed E-state index contributed by atoms with van der Waals surface area (Å²) in [6.07, 6.45) is 54.0. The summed E-state index contributed by atoms with van der Waals surface area (Å²) in [7, 11) is 0. The first-order valence-corrected chi connectivity index (χ1v) is 33.3.